The first kappa shape index (κ1) is 51.3. The highest BCUT2D eigenvalue weighted by Crippen LogP contribution is 2.45. The monoisotopic (exact) mass is 1140 g/mol. The van der Waals surface area contributed by atoms with Crippen molar-refractivity contribution in [1.29, 1.82) is 0 Å². The maximum absolute atomic E-state index is 5.75. The zero-order valence-corrected chi connectivity index (χ0v) is 48.8. The van der Waals surface area contributed by atoms with E-state index in [-0.39, 0.29) is 0 Å². The molecule has 0 unspecified atom stereocenters. The highest BCUT2D eigenvalue weighted by molar-refractivity contribution is 6.27. The van der Waals surface area contributed by atoms with Crippen molar-refractivity contribution in [2.45, 2.75) is 0 Å². The summed E-state index contributed by atoms with van der Waals surface area (Å²) in [7, 11) is 0. The van der Waals surface area contributed by atoms with Crippen LogP contribution < -0.4 is 0 Å². The van der Waals surface area contributed by atoms with Crippen LogP contribution in [0.4, 0.5) is 0 Å². The van der Waals surface area contributed by atoms with Crippen LogP contribution in [-0.2, 0) is 0 Å². The molecule has 3 aromatic heterocycles. The number of nitrogens with zero attached hydrogens (tertiary/aromatic N) is 4. The quantitative estimate of drug-likeness (QED) is 0.142. The highest BCUT2D eigenvalue weighted by atomic mass is 14.9. The van der Waals surface area contributed by atoms with Crippen molar-refractivity contribution >= 4 is 97.3 Å². The lowest BCUT2D eigenvalue weighted by Gasteiger charge is -2.17. The van der Waals surface area contributed by atoms with Crippen molar-refractivity contribution in [3.63, 3.8) is 0 Å². The number of rotatable bonds is 8. The van der Waals surface area contributed by atoms with E-state index >= 15 is 0 Å². The van der Waals surface area contributed by atoms with Crippen molar-refractivity contribution in [3.05, 3.63) is 315 Å². The number of aromatic nitrogens is 4. The molecule has 0 saturated carbocycles. The molecule has 4 nitrogen and oxygen atoms in total. The van der Waals surface area contributed by atoms with Crippen LogP contribution in [0.2, 0.25) is 0 Å². The Bertz CT molecular complexity index is 5870. The summed E-state index contributed by atoms with van der Waals surface area (Å²) in [6, 6.07) is 114. The zero-order chi connectivity index (χ0) is 59.2. The molecule has 0 atom stereocenters. The maximum atomic E-state index is 5.75. The van der Waals surface area contributed by atoms with E-state index in [4.69, 9.17) is 19.9 Å². The van der Waals surface area contributed by atoms with Crippen LogP contribution >= 0.6 is 0 Å². The lowest BCUT2D eigenvalue weighted by atomic mass is 9.88. The summed E-state index contributed by atoms with van der Waals surface area (Å²) < 4.78 is 0. The maximum Gasteiger partial charge on any atom is 0.160 e. The molecule has 15 aromatic carbocycles. The Hall–Kier alpha value is -12.0. The van der Waals surface area contributed by atoms with Crippen molar-refractivity contribution in [3.8, 4) is 89.7 Å². The fourth-order valence-corrected chi connectivity index (χ4v) is 14.1. The fourth-order valence-electron chi connectivity index (χ4n) is 14.1. The molecule has 90 heavy (non-hydrogen) atoms. The molecule has 0 aliphatic rings. The first-order valence-corrected chi connectivity index (χ1v) is 30.8. The molecular weight excluding hydrogens is 1090 g/mol. The minimum absolute atomic E-state index is 0.628. The van der Waals surface area contributed by atoms with E-state index in [1.165, 1.54) is 64.6 Å². The number of hydrogen-bond donors (Lipinski definition) is 0. The first-order chi connectivity index (χ1) is 44.6. The molecule has 18 aromatic rings. The summed E-state index contributed by atoms with van der Waals surface area (Å²) in [6.07, 6.45) is 0. The summed E-state index contributed by atoms with van der Waals surface area (Å²) in [5.74, 6) is 0.628. The van der Waals surface area contributed by atoms with E-state index in [0.717, 1.165) is 117 Å². The summed E-state index contributed by atoms with van der Waals surface area (Å²) >= 11 is 0. The van der Waals surface area contributed by atoms with E-state index in [2.05, 4.69) is 315 Å². The molecular formula is C86H52N4. The molecule has 416 valence electrons. The van der Waals surface area contributed by atoms with Gasteiger partial charge in [0.15, 0.2) is 5.82 Å². The Labute approximate surface area is 519 Å². The SMILES string of the molecule is c1ccc(-c2cc(-c3ccc(-c4nc(-c5ccc(-c6cc(-c7ccccc7)c7ccccc7n6)cc5)c5cc(-c6ccc7c8ccccc8c8ccccc8c7c6)cc(-c6ccc7c8ccccc8c8ccccc8c7c6)c5n4)cc3)nc3ccccc23)cc1. The standard InChI is InChI=1S/C86H52N4/c1-3-19-53(20-4-1)74-51-82(87-80-33-17-15-31-72(74)80)55-35-39-57(40-36-55)84-79-50-61(59-43-45-70-66-27-9-7-23-62(66)64-25-11-13-29-68(64)77(70)47-59)49-76(60-44-46-71-67-28-10-8-24-63(67)65-26-12-14-30-69(65)78(71)48-60)85(79)90-86(89-84)58-41-37-56(38-42-58)83-52-75(54-21-5-2-6-22-54)73-32-16-18-34-81(73)88-83/h1-52H. The number of para-hydroxylation sites is 2. The second kappa shape index (κ2) is 20.9. The second-order valence-corrected chi connectivity index (χ2v) is 23.6. The van der Waals surface area contributed by atoms with Gasteiger partial charge in [-0.15, -0.1) is 0 Å². The van der Waals surface area contributed by atoms with Gasteiger partial charge in [0.1, 0.15) is 0 Å². The van der Waals surface area contributed by atoms with Gasteiger partial charge in [0.05, 0.1) is 33.6 Å². The minimum Gasteiger partial charge on any atom is -0.248 e. The largest absolute Gasteiger partial charge is 0.248 e. The van der Waals surface area contributed by atoms with Crippen molar-refractivity contribution in [1.82, 2.24) is 19.9 Å². The molecule has 3 heterocycles. The molecule has 0 bridgehead atoms. The van der Waals surface area contributed by atoms with E-state index in [1.54, 1.807) is 0 Å². The van der Waals surface area contributed by atoms with Crippen LogP contribution in [-0.4, -0.2) is 19.9 Å². The molecule has 0 fully saturated rings. The van der Waals surface area contributed by atoms with Gasteiger partial charge in [-0.1, -0.05) is 267 Å². The van der Waals surface area contributed by atoms with Gasteiger partial charge in [-0.3, -0.25) is 0 Å². The van der Waals surface area contributed by atoms with E-state index in [0.29, 0.717) is 5.82 Å². The average molecular weight is 1140 g/mol. The second-order valence-electron chi connectivity index (χ2n) is 23.6. The van der Waals surface area contributed by atoms with Crippen LogP contribution in [0.1, 0.15) is 0 Å². The first-order valence-electron chi connectivity index (χ1n) is 30.8. The average Bonchev–Trinajstić information content (AvgIpc) is 0.881. The van der Waals surface area contributed by atoms with Crippen molar-refractivity contribution in [2.75, 3.05) is 0 Å². The highest BCUT2D eigenvalue weighted by Gasteiger charge is 2.21. The molecule has 0 aliphatic heterocycles. The van der Waals surface area contributed by atoms with Gasteiger partial charge < -0.3 is 0 Å². The third-order valence-electron chi connectivity index (χ3n) is 18.4. The van der Waals surface area contributed by atoms with Crippen molar-refractivity contribution < 1.29 is 0 Å². The lowest BCUT2D eigenvalue weighted by molar-refractivity contribution is 1.23. The van der Waals surface area contributed by atoms with E-state index in [1.807, 2.05) is 0 Å². The smallest absolute Gasteiger partial charge is 0.160 e. The van der Waals surface area contributed by atoms with Gasteiger partial charge in [-0.05, 0) is 152 Å². The Morgan fingerprint density at radius 1 is 0.167 bits per heavy atom. The Balaban J connectivity index is 0.878. The summed E-state index contributed by atoms with van der Waals surface area (Å²) in [4.78, 5) is 22.0. The topological polar surface area (TPSA) is 51.6 Å². The molecule has 0 amide bonds. The molecule has 0 radical (unpaired) electrons. The van der Waals surface area contributed by atoms with E-state index < -0.39 is 0 Å². The molecule has 0 saturated heterocycles. The molecule has 18 rings (SSSR count). The number of benzene rings is 15. The molecule has 0 aliphatic carbocycles. The predicted molar refractivity (Wildman–Crippen MR) is 379 cm³/mol. The third-order valence-corrected chi connectivity index (χ3v) is 18.4. The minimum atomic E-state index is 0.628. The lowest BCUT2D eigenvalue weighted by Crippen LogP contribution is -1.98. The van der Waals surface area contributed by atoms with Crippen LogP contribution in [0.3, 0.4) is 0 Å². The molecule has 4 heteroatoms. The van der Waals surface area contributed by atoms with Gasteiger partial charge in [0, 0.05) is 44.0 Å². The third kappa shape index (κ3) is 8.53. The van der Waals surface area contributed by atoms with Crippen molar-refractivity contribution in [2.24, 2.45) is 0 Å². The van der Waals surface area contributed by atoms with Crippen LogP contribution in [0.5, 0.6) is 0 Å². The summed E-state index contributed by atoms with van der Waals surface area (Å²) in [5, 5.41) is 17.9. The normalized spacial score (nSPS) is 11.8. The molecule has 0 spiro atoms. The number of fused-ring (bicyclic) bond motifs is 15. The fraction of sp³-hybridized carbons (Fsp3) is 0. The van der Waals surface area contributed by atoms with E-state index in [9.17, 15) is 0 Å². The predicted octanol–water partition coefficient (Wildman–Crippen LogP) is 23.0. The van der Waals surface area contributed by atoms with Gasteiger partial charge in [0.25, 0.3) is 0 Å². The van der Waals surface area contributed by atoms with Crippen LogP contribution in [0, 0.1) is 0 Å². The Morgan fingerprint density at radius 3 is 0.978 bits per heavy atom. The zero-order valence-electron chi connectivity index (χ0n) is 48.8. The van der Waals surface area contributed by atoms with Crippen LogP contribution in [0.15, 0.2) is 315 Å². The van der Waals surface area contributed by atoms with Gasteiger partial charge in [-0.25, -0.2) is 19.9 Å². The Kier molecular flexibility index (Phi) is 11.9. The number of hydrogen-bond acceptors (Lipinski definition) is 4. The number of pyridine rings is 2. The van der Waals surface area contributed by atoms with Gasteiger partial charge in [0.2, 0.25) is 0 Å². The summed E-state index contributed by atoms with van der Waals surface area (Å²) in [5.41, 5.74) is 18.2. The summed E-state index contributed by atoms with van der Waals surface area (Å²) in [6.45, 7) is 0. The Morgan fingerprint density at radius 2 is 0.511 bits per heavy atom. The van der Waals surface area contributed by atoms with Crippen LogP contribution in [0.25, 0.3) is 187 Å². The van der Waals surface area contributed by atoms with Gasteiger partial charge >= 0.3 is 0 Å². The molecule has 0 N–H and O–H groups in total. The van der Waals surface area contributed by atoms with Gasteiger partial charge in [-0.2, -0.15) is 0 Å².